The lowest BCUT2D eigenvalue weighted by Crippen LogP contribution is -2.18. The van der Waals surface area contributed by atoms with E-state index in [9.17, 15) is 18.0 Å². The molecular formula is C10H11F3N2O. The molecule has 1 heterocycles. The maximum Gasteiger partial charge on any atom is 0.433 e. The van der Waals surface area contributed by atoms with Gasteiger partial charge in [-0.1, -0.05) is 13.8 Å². The average molecular weight is 232 g/mol. The van der Waals surface area contributed by atoms with Crippen LogP contribution in [-0.4, -0.2) is 10.9 Å². The Morgan fingerprint density at radius 3 is 2.38 bits per heavy atom. The normalized spacial score (nSPS) is 11.6. The molecule has 1 N–H and O–H groups in total. The third-order valence-corrected chi connectivity index (χ3v) is 1.85. The third kappa shape index (κ3) is 3.22. The Balaban J connectivity index is 2.76. The van der Waals surface area contributed by atoms with E-state index in [-0.39, 0.29) is 17.5 Å². The van der Waals surface area contributed by atoms with Crippen molar-refractivity contribution in [1.82, 2.24) is 4.98 Å². The van der Waals surface area contributed by atoms with Gasteiger partial charge < -0.3 is 5.32 Å². The van der Waals surface area contributed by atoms with Gasteiger partial charge in [0.1, 0.15) is 5.69 Å². The molecule has 0 atom stereocenters. The molecule has 0 radical (unpaired) electrons. The van der Waals surface area contributed by atoms with E-state index in [1.807, 2.05) is 0 Å². The molecule has 0 aromatic carbocycles. The van der Waals surface area contributed by atoms with Crippen LogP contribution in [0.4, 0.5) is 18.9 Å². The first-order chi connectivity index (χ1) is 7.30. The molecular weight excluding hydrogens is 221 g/mol. The third-order valence-electron chi connectivity index (χ3n) is 1.85. The Bertz CT molecular complexity index is 371. The van der Waals surface area contributed by atoms with Crippen LogP contribution in [0.1, 0.15) is 19.5 Å². The maximum absolute atomic E-state index is 12.2. The standard InChI is InChI=1S/C10H11F3N2O/c1-6(2)9(16)15-7-3-4-8(14-5-7)10(11,12)13/h3-6H,1-2H3,(H,15,16). The number of carbonyl (C=O) groups is 1. The zero-order valence-corrected chi connectivity index (χ0v) is 8.80. The minimum Gasteiger partial charge on any atom is -0.325 e. The van der Waals surface area contributed by atoms with Gasteiger partial charge >= 0.3 is 6.18 Å². The predicted molar refractivity (Wildman–Crippen MR) is 52.7 cm³/mol. The molecule has 0 aliphatic carbocycles. The number of aromatic nitrogens is 1. The molecule has 1 aromatic heterocycles. The van der Waals surface area contributed by atoms with E-state index < -0.39 is 11.9 Å². The molecule has 0 spiro atoms. The number of hydrogen-bond donors (Lipinski definition) is 1. The average Bonchev–Trinajstić information content (AvgIpc) is 2.17. The summed E-state index contributed by atoms with van der Waals surface area (Å²) in [6, 6.07) is 2.01. The van der Waals surface area contributed by atoms with Crippen molar-refractivity contribution >= 4 is 11.6 Å². The van der Waals surface area contributed by atoms with Crippen LogP contribution in [0.15, 0.2) is 18.3 Å². The van der Waals surface area contributed by atoms with Crippen molar-refractivity contribution in [1.29, 1.82) is 0 Å². The molecule has 0 unspecified atom stereocenters. The Morgan fingerprint density at radius 2 is 2.00 bits per heavy atom. The fraction of sp³-hybridized carbons (Fsp3) is 0.400. The smallest absolute Gasteiger partial charge is 0.325 e. The second kappa shape index (κ2) is 4.51. The van der Waals surface area contributed by atoms with Crippen molar-refractivity contribution in [2.45, 2.75) is 20.0 Å². The van der Waals surface area contributed by atoms with Crippen molar-refractivity contribution in [3.05, 3.63) is 24.0 Å². The minimum atomic E-state index is -4.46. The Morgan fingerprint density at radius 1 is 1.38 bits per heavy atom. The number of halogens is 3. The van der Waals surface area contributed by atoms with Crippen LogP contribution < -0.4 is 5.32 Å². The van der Waals surface area contributed by atoms with Gasteiger partial charge in [0.05, 0.1) is 11.9 Å². The van der Waals surface area contributed by atoms with E-state index in [1.54, 1.807) is 13.8 Å². The second-order valence-electron chi connectivity index (χ2n) is 3.57. The highest BCUT2D eigenvalue weighted by atomic mass is 19.4. The van der Waals surface area contributed by atoms with Gasteiger partial charge in [-0.25, -0.2) is 4.98 Å². The number of amides is 1. The molecule has 0 aliphatic heterocycles. The zero-order chi connectivity index (χ0) is 12.3. The monoisotopic (exact) mass is 232 g/mol. The first kappa shape index (κ1) is 12.5. The van der Waals surface area contributed by atoms with Crippen molar-refractivity contribution < 1.29 is 18.0 Å². The molecule has 3 nitrogen and oxygen atoms in total. The van der Waals surface area contributed by atoms with E-state index in [1.165, 1.54) is 6.07 Å². The van der Waals surface area contributed by atoms with Crippen molar-refractivity contribution in [2.75, 3.05) is 5.32 Å². The summed E-state index contributed by atoms with van der Waals surface area (Å²) in [6.45, 7) is 3.37. The van der Waals surface area contributed by atoms with Gasteiger partial charge in [-0.15, -0.1) is 0 Å². The molecule has 0 saturated carbocycles. The Kier molecular flexibility index (Phi) is 3.51. The molecule has 16 heavy (non-hydrogen) atoms. The molecule has 0 bridgehead atoms. The molecule has 1 amide bonds. The van der Waals surface area contributed by atoms with Crippen LogP contribution in [0.2, 0.25) is 0 Å². The highest BCUT2D eigenvalue weighted by Gasteiger charge is 2.32. The number of nitrogens with one attached hydrogen (secondary N) is 1. The van der Waals surface area contributed by atoms with Gasteiger partial charge in [0.25, 0.3) is 0 Å². The highest BCUT2D eigenvalue weighted by molar-refractivity contribution is 5.91. The summed E-state index contributed by atoms with van der Waals surface area (Å²) in [4.78, 5) is 14.5. The number of nitrogens with zero attached hydrogens (tertiary/aromatic N) is 1. The fourth-order valence-electron chi connectivity index (χ4n) is 0.922. The molecule has 6 heteroatoms. The number of hydrogen-bond acceptors (Lipinski definition) is 2. The summed E-state index contributed by atoms with van der Waals surface area (Å²) in [5.41, 5.74) is -0.721. The van der Waals surface area contributed by atoms with E-state index in [4.69, 9.17) is 0 Å². The van der Waals surface area contributed by atoms with Crippen LogP contribution >= 0.6 is 0 Å². The lowest BCUT2D eigenvalue weighted by Gasteiger charge is -2.09. The first-order valence-corrected chi connectivity index (χ1v) is 4.65. The minimum absolute atomic E-state index is 0.234. The fourth-order valence-corrected chi connectivity index (χ4v) is 0.922. The lowest BCUT2D eigenvalue weighted by atomic mass is 10.2. The van der Waals surface area contributed by atoms with Crippen LogP contribution in [-0.2, 0) is 11.0 Å². The van der Waals surface area contributed by atoms with Crippen LogP contribution in [0.25, 0.3) is 0 Å². The maximum atomic E-state index is 12.2. The topological polar surface area (TPSA) is 42.0 Å². The summed E-state index contributed by atoms with van der Waals surface area (Å²) < 4.78 is 36.5. The van der Waals surface area contributed by atoms with Crippen molar-refractivity contribution in [3.63, 3.8) is 0 Å². The van der Waals surface area contributed by atoms with E-state index in [2.05, 4.69) is 10.3 Å². The number of anilines is 1. The molecule has 0 aliphatic rings. The van der Waals surface area contributed by atoms with Crippen molar-refractivity contribution in [3.8, 4) is 0 Å². The van der Waals surface area contributed by atoms with Gasteiger partial charge in [0, 0.05) is 5.92 Å². The first-order valence-electron chi connectivity index (χ1n) is 4.65. The van der Waals surface area contributed by atoms with Gasteiger partial charge in [0.15, 0.2) is 0 Å². The van der Waals surface area contributed by atoms with Crippen molar-refractivity contribution in [2.24, 2.45) is 5.92 Å². The van der Waals surface area contributed by atoms with Crippen LogP contribution in [0.5, 0.6) is 0 Å². The summed E-state index contributed by atoms with van der Waals surface area (Å²) >= 11 is 0. The van der Waals surface area contributed by atoms with E-state index in [0.717, 1.165) is 12.3 Å². The summed E-state index contributed by atoms with van der Waals surface area (Å²) in [6.07, 6.45) is -3.47. The molecule has 0 saturated heterocycles. The van der Waals surface area contributed by atoms with E-state index >= 15 is 0 Å². The summed E-state index contributed by atoms with van der Waals surface area (Å²) in [5, 5.41) is 2.45. The van der Waals surface area contributed by atoms with Gasteiger partial charge in [-0.05, 0) is 12.1 Å². The Hall–Kier alpha value is -1.59. The number of pyridine rings is 1. The molecule has 1 rings (SSSR count). The zero-order valence-electron chi connectivity index (χ0n) is 8.80. The molecule has 1 aromatic rings. The molecule has 88 valence electrons. The Labute approximate surface area is 90.7 Å². The predicted octanol–water partition coefficient (Wildman–Crippen LogP) is 2.69. The molecule has 0 fully saturated rings. The highest BCUT2D eigenvalue weighted by Crippen LogP contribution is 2.27. The van der Waals surface area contributed by atoms with Gasteiger partial charge in [0.2, 0.25) is 5.91 Å². The second-order valence-corrected chi connectivity index (χ2v) is 3.57. The summed E-state index contributed by atoms with van der Waals surface area (Å²) in [5.74, 6) is -0.496. The number of alkyl halides is 3. The number of carbonyl (C=O) groups excluding carboxylic acids is 1. The quantitative estimate of drug-likeness (QED) is 0.851. The largest absolute Gasteiger partial charge is 0.433 e. The van der Waals surface area contributed by atoms with Gasteiger partial charge in [-0.3, -0.25) is 4.79 Å². The lowest BCUT2D eigenvalue weighted by molar-refractivity contribution is -0.141. The summed E-state index contributed by atoms with van der Waals surface area (Å²) in [7, 11) is 0. The van der Waals surface area contributed by atoms with Crippen LogP contribution in [0.3, 0.4) is 0 Å². The number of rotatable bonds is 2. The van der Waals surface area contributed by atoms with E-state index in [0.29, 0.717) is 0 Å². The van der Waals surface area contributed by atoms with Gasteiger partial charge in [-0.2, -0.15) is 13.2 Å². The SMILES string of the molecule is CC(C)C(=O)Nc1ccc(C(F)(F)F)nc1. The van der Waals surface area contributed by atoms with Crippen LogP contribution in [0, 0.1) is 5.92 Å².